The maximum absolute atomic E-state index is 12.6. The first-order valence-corrected chi connectivity index (χ1v) is 6.54. The molecule has 0 spiro atoms. The van der Waals surface area contributed by atoms with Gasteiger partial charge in [0.1, 0.15) is 12.4 Å². The van der Waals surface area contributed by atoms with Gasteiger partial charge in [0.15, 0.2) is 0 Å². The summed E-state index contributed by atoms with van der Waals surface area (Å²) in [6.07, 6.45) is 0. The fourth-order valence-electron chi connectivity index (χ4n) is 1.86. The summed E-state index contributed by atoms with van der Waals surface area (Å²) in [6, 6.07) is 3.63. The van der Waals surface area contributed by atoms with Crippen molar-refractivity contribution < 1.29 is 17.7 Å². The topological polar surface area (TPSA) is 12.5 Å². The van der Waals surface area contributed by atoms with Gasteiger partial charge in [0, 0.05) is 6.54 Å². The van der Waals surface area contributed by atoms with E-state index in [1.54, 1.807) is 6.92 Å². The van der Waals surface area contributed by atoms with Gasteiger partial charge < -0.3 is 22.6 Å². The molecule has 0 aromatic heterocycles. The molecule has 0 saturated carbocycles. The Balaban J connectivity index is 2.61. The minimum absolute atomic E-state index is 0.485. The molecule has 0 atom stereocenters. The van der Waals surface area contributed by atoms with Crippen LogP contribution in [0.15, 0.2) is 18.2 Å². The number of hydrogen-bond donors (Lipinski definition) is 0. The van der Waals surface area contributed by atoms with Gasteiger partial charge in [-0.15, -0.1) is 5.46 Å². The summed E-state index contributed by atoms with van der Waals surface area (Å²) >= 11 is 0. The molecule has 1 rings (SSSR count). The summed E-state index contributed by atoms with van der Waals surface area (Å²) in [4.78, 5) is 2.20. The number of aryl methyl sites for hydroxylation is 1. The number of nitrogens with zero attached hydrogens (tertiary/aromatic N) is 1. The van der Waals surface area contributed by atoms with E-state index in [-0.39, 0.29) is 0 Å². The lowest BCUT2D eigenvalue weighted by atomic mass is 9.79. The molecule has 1 aromatic rings. The number of rotatable bonds is 7. The second-order valence-electron chi connectivity index (χ2n) is 4.48. The van der Waals surface area contributed by atoms with Crippen LogP contribution in [0, 0.1) is 6.92 Å². The highest BCUT2D eigenvalue weighted by atomic mass is 19.4. The van der Waals surface area contributed by atoms with E-state index in [9.17, 15) is 12.9 Å². The molecule has 19 heavy (non-hydrogen) atoms. The number of ether oxygens (including phenoxy) is 1. The molecule has 2 nitrogen and oxygen atoms in total. The Morgan fingerprint density at radius 1 is 1.16 bits per heavy atom. The monoisotopic (exact) mass is 274 g/mol. The van der Waals surface area contributed by atoms with Gasteiger partial charge in [0.25, 0.3) is 0 Å². The third-order valence-electron chi connectivity index (χ3n) is 3.14. The van der Waals surface area contributed by atoms with E-state index >= 15 is 0 Å². The van der Waals surface area contributed by atoms with Crippen LogP contribution in [0.5, 0.6) is 5.75 Å². The van der Waals surface area contributed by atoms with Gasteiger partial charge in [0.2, 0.25) is 0 Å². The number of likely N-dealkylation sites (N-methyl/N-ethyl adjacent to an activating group) is 1. The highest BCUT2D eigenvalue weighted by Crippen LogP contribution is 2.18. The number of halogens is 3. The summed E-state index contributed by atoms with van der Waals surface area (Å²) in [5.74, 6) is 0.524. The zero-order valence-corrected chi connectivity index (χ0v) is 11.6. The Labute approximate surface area is 112 Å². The van der Waals surface area contributed by atoms with E-state index in [4.69, 9.17) is 4.74 Å². The summed E-state index contributed by atoms with van der Waals surface area (Å²) in [7, 11) is 0. The molecule has 0 fully saturated rings. The zero-order valence-electron chi connectivity index (χ0n) is 11.6. The van der Waals surface area contributed by atoms with Crippen LogP contribution in [-0.2, 0) is 0 Å². The van der Waals surface area contributed by atoms with Crippen LogP contribution in [0.2, 0.25) is 0 Å². The molecule has 0 N–H and O–H groups in total. The maximum Gasteiger partial charge on any atom is 0.509 e. The Morgan fingerprint density at radius 2 is 1.79 bits per heavy atom. The predicted molar refractivity (Wildman–Crippen MR) is 73.2 cm³/mol. The predicted octanol–water partition coefficient (Wildman–Crippen LogP) is 2.77. The van der Waals surface area contributed by atoms with Gasteiger partial charge in [-0.25, -0.2) is 0 Å². The summed E-state index contributed by atoms with van der Waals surface area (Å²) in [5.41, 5.74) is -0.0511. The van der Waals surface area contributed by atoms with Crippen LogP contribution >= 0.6 is 0 Å². The molecule has 0 aliphatic rings. The molecule has 1 aromatic carbocycles. The molecule has 0 saturated heterocycles. The lowest BCUT2D eigenvalue weighted by molar-refractivity contribution is 0.222. The molecule has 0 unspecified atom stereocenters. The van der Waals surface area contributed by atoms with Gasteiger partial charge in [-0.3, -0.25) is 0 Å². The second-order valence-corrected chi connectivity index (χ2v) is 4.48. The lowest BCUT2D eigenvalue weighted by Gasteiger charge is -2.20. The maximum atomic E-state index is 12.6. The first-order valence-electron chi connectivity index (χ1n) is 6.54. The Bertz CT molecular complexity index is 405. The quantitative estimate of drug-likeness (QED) is 0.709. The number of benzene rings is 1. The smallest absolute Gasteiger partial charge is 0.492 e. The van der Waals surface area contributed by atoms with Gasteiger partial charge in [-0.1, -0.05) is 26.0 Å². The van der Waals surface area contributed by atoms with Crippen LogP contribution in [0.25, 0.3) is 0 Å². The van der Waals surface area contributed by atoms with E-state index < -0.39 is 12.4 Å². The largest absolute Gasteiger partial charge is 0.509 e. The Morgan fingerprint density at radius 3 is 2.26 bits per heavy atom. The minimum Gasteiger partial charge on any atom is -0.492 e. The first kappa shape index (κ1) is 15.9. The van der Waals surface area contributed by atoms with Gasteiger partial charge in [-0.05, 0) is 31.6 Å². The van der Waals surface area contributed by atoms with Crippen molar-refractivity contribution in [2.45, 2.75) is 20.8 Å². The Kier molecular flexibility index (Phi) is 5.72. The van der Waals surface area contributed by atoms with E-state index in [0.29, 0.717) is 17.9 Å². The number of hydrogen-bond acceptors (Lipinski definition) is 2. The van der Waals surface area contributed by atoms with Crippen molar-refractivity contribution >= 4 is 12.4 Å². The third-order valence-corrected chi connectivity index (χ3v) is 3.14. The molecule has 0 amide bonds. The van der Waals surface area contributed by atoms with Crippen molar-refractivity contribution in [3.63, 3.8) is 0 Å². The highest BCUT2D eigenvalue weighted by Gasteiger charge is 2.25. The van der Waals surface area contributed by atoms with Gasteiger partial charge in [0.05, 0.1) is 0 Å². The average Bonchev–Trinajstić information content (AvgIpc) is 2.35. The van der Waals surface area contributed by atoms with Crippen LogP contribution < -0.4 is 10.2 Å². The van der Waals surface area contributed by atoms with E-state index in [1.165, 1.54) is 6.07 Å². The van der Waals surface area contributed by atoms with Gasteiger partial charge >= 0.3 is 6.98 Å². The van der Waals surface area contributed by atoms with Crippen LogP contribution in [-0.4, -0.2) is 38.1 Å². The van der Waals surface area contributed by atoms with Crippen molar-refractivity contribution in [1.29, 1.82) is 0 Å². The molecule has 0 aliphatic heterocycles. The van der Waals surface area contributed by atoms with Crippen LogP contribution in [0.3, 0.4) is 0 Å². The fourth-order valence-corrected chi connectivity index (χ4v) is 1.86. The SMILES string of the molecule is CCN(CC)CCOc1ccc([B-](F)(F)F)cc1C. The van der Waals surface area contributed by atoms with Crippen LogP contribution in [0.4, 0.5) is 12.9 Å². The van der Waals surface area contributed by atoms with Crippen LogP contribution in [0.1, 0.15) is 19.4 Å². The fraction of sp³-hybridized carbons (Fsp3) is 0.538. The van der Waals surface area contributed by atoms with E-state index in [2.05, 4.69) is 18.7 Å². The van der Waals surface area contributed by atoms with Crippen molar-refractivity contribution in [2.24, 2.45) is 0 Å². The summed E-state index contributed by atoms with van der Waals surface area (Å²) in [5, 5.41) is 0. The van der Waals surface area contributed by atoms with Crippen molar-refractivity contribution in [2.75, 3.05) is 26.2 Å². The standard InChI is InChI=1S/C13H20BF3NO/c1-4-18(5-2)8-9-19-13-7-6-12(10-11(13)3)14(15,16)17/h6-7,10H,4-5,8-9H2,1-3H3/q-1. The zero-order chi connectivity index (χ0) is 14.5. The van der Waals surface area contributed by atoms with Crippen molar-refractivity contribution in [3.8, 4) is 5.75 Å². The second kappa shape index (κ2) is 6.84. The molecule has 0 heterocycles. The molecular weight excluding hydrogens is 254 g/mol. The third kappa shape index (κ3) is 4.78. The molecule has 108 valence electrons. The van der Waals surface area contributed by atoms with E-state index in [1.807, 2.05) is 0 Å². The van der Waals surface area contributed by atoms with Crippen molar-refractivity contribution in [3.05, 3.63) is 23.8 Å². The lowest BCUT2D eigenvalue weighted by Crippen LogP contribution is -2.34. The molecule has 0 bridgehead atoms. The normalized spacial score (nSPS) is 11.9. The Hall–Kier alpha value is -1.17. The summed E-state index contributed by atoms with van der Waals surface area (Å²) < 4.78 is 43.2. The highest BCUT2D eigenvalue weighted by molar-refractivity contribution is 6.73. The molecule has 0 aliphatic carbocycles. The summed E-state index contributed by atoms with van der Waals surface area (Å²) in [6.45, 7) is 3.97. The molecular formula is C13H20BF3NO-. The molecule has 6 heteroatoms. The average molecular weight is 274 g/mol. The first-order chi connectivity index (χ1) is 8.88. The van der Waals surface area contributed by atoms with Crippen molar-refractivity contribution in [1.82, 2.24) is 4.90 Å². The molecule has 0 radical (unpaired) electrons. The van der Waals surface area contributed by atoms with Gasteiger partial charge in [-0.2, -0.15) is 0 Å². The van der Waals surface area contributed by atoms with E-state index in [0.717, 1.165) is 31.8 Å². The minimum atomic E-state index is -4.94.